The highest BCUT2D eigenvalue weighted by atomic mass is 16.1. The highest BCUT2D eigenvalue weighted by molar-refractivity contribution is 5.91. The Hall–Kier alpha value is -3.41. The molecule has 0 saturated heterocycles. The summed E-state index contributed by atoms with van der Waals surface area (Å²) in [7, 11) is 0. The first-order chi connectivity index (χ1) is 13.1. The molecule has 2 N–H and O–H groups in total. The molecule has 0 unspecified atom stereocenters. The molecule has 0 aliphatic heterocycles. The van der Waals surface area contributed by atoms with Gasteiger partial charge in [-0.25, -0.2) is 9.67 Å². The quantitative estimate of drug-likeness (QED) is 0.567. The Morgan fingerprint density at radius 1 is 1.19 bits per heavy atom. The van der Waals surface area contributed by atoms with Crippen molar-refractivity contribution in [2.24, 2.45) is 0 Å². The third-order valence-electron chi connectivity index (χ3n) is 4.55. The number of hydrogen-bond donors (Lipinski definition) is 2. The van der Waals surface area contributed by atoms with Crippen LogP contribution in [0.25, 0.3) is 16.7 Å². The van der Waals surface area contributed by atoms with Gasteiger partial charge in [-0.3, -0.25) is 4.79 Å². The molecule has 6 nitrogen and oxygen atoms in total. The Morgan fingerprint density at radius 3 is 2.78 bits per heavy atom. The van der Waals surface area contributed by atoms with E-state index in [2.05, 4.69) is 26.4 Å². The number of fused-ring (bicyclic) bond motifs is 1. The second-order valence-corrected chi connectivity index (χ2v) is 6.65. The molecule has 3 aromatic heterocycles. The van der Waals surface area contributed by atoms with Gasteiger partial charge in [0, 0.05) is 29.2 Å². The van der Waals surface area contributed by atoms with E-state index in [1.165, 1.54) is 5.39 Å². The molecule has 0 bridgehead atoms. The summed E-state index contributed by atoms with van der Waals surface area (Å²) in [5.74, 6) is 0.707. The molecule has 6 heteroatoms. The van der Waals surface area contributed by atoms with Crippen molar-refractivity contribution in [3.8, 4) is 5.82 Å². The van der Waals surface area contributed by atoms with Crippen LogP contribution in [0.1, 0.15) is 23.4 Å². The van der Waals surface area contributed by atoms with Gasteiger partial charge in [0.25, 0.3) is 0 Å². The Kier molecular flexibility index (Phi) is 4.46. The number of anilines is 1. The summed E-state index contributed by atoms with van der Waals surface area (Å²) in [4.78, 5) is 19.9. The van der Waals surface area contributed by atoms with E-state index in [0.717, 1.165) is 28.3 Å². The number of nitrogens with zero attached hydrogens (tertiary/aromatic N) is 3. The van der Waals surface area contributed by atoms with Gasteiger partial charge < -0.3 is 10.3 Å². The number of H-pyrrole nitrogens is 1. The van der Waals surface area contributed by atoms with Crippen LogP contribution < -0.4 is 5.32 Å². The molecular weight excluding hydrogens is 338 g/mol. The van der Waals surface area contributed by atoms with E-state index in [4.69, 9.17) is 0 Å². The summed E-state index contributed by atoms with van der Waals surface area (Å²) in [6.45, 7) is 3.94. The van der Waals surface area contributed by atoms with Gasteiger partial charge in [-0.1, -0.05) is 18.2 Å². The predicted octanol–water partition coefficient (Wildman–Crippen LogP) is 3.94. The zero-order valence-electron chi connectivity index (χ0n) is 15.4. The molecule has 0 fully saturated rings. The average molecular weight is 359 g/mol. The molecule has 4 rings (SSSR count). The number of benzene rings is 1. The van der Waals surface area contributed by atoms with E-state index in [9.17, 15) is 4.79 Å². The number of para-hydroxylation sites is 1. The van der Waals surface area contributed by atoms with E-state index in [0.29, 0.717) is 18.5 Å². The van der Waals surface area contributed by atoms with Crippen LogP contribution in [0.15, 0.2) is 54.9 Å². The lowest BCUT2D eigenvalue weighted by molar-refractivity contribution is -0.116. The zero-order valence-corrected chi connectivity index (χ0v) is 15.4. The summed E-state index contributed by atoms with van der Waals surface area (Å²) in [5.41, 5.74) is 4.90. The minimum atomic E-state index is -0.0269. The van der Waals surface area contributed by atoms with Gasteiger partial charge >= 0.3 is 0 Å². The van der Waals surface area contributed by atoms with Crippen LogP contribution in [-0.2, 0) is 11.2 Å². The molecule has 0 aliphatic carbocycles. The maximum atomic E-state index is 12.3. The number of carbonyl (C=O) groups excluding carboxylic acids is 1. The van der Waals surface area contributed by atoms with Crippen LogP contribution >= 0.6 is 0 Å². The number of aromatic nitrogens is 4. The largest absolute Gasteiger partial charge is 0.361 e. The minimum absolute atomic E-state index is 0.0269. The highest BCUT2D eigenvalue weighted by Crippen LogP contribution is 2.19. The zero-order chi connectivity index (χ0) is 18.8. The SMILES string of the molecule is Cc1cc(C)n(-c2ccc(NC(=O)CCc3c[nH]c4ccccc34)cn2)n1. The molecule has 136 valence electrons. The maximum absolute atomic E-state index is 12.3. The van der Waals surface area contributed by atoms with E-state index in [-0.39, 0.29) is 5.91 Å². The van der Waals surface area contributed by atoms with Gasteiger partial charge in [0.2, 0.25) is 5.91 Å². The summed E-state index contributed by atoms with van der Waals surface area (Å²) >= 11 is 0. The Labute approximate surface area is 157 Å². The van der Waals surface area contributed by atoms with E-state index in [1.807, 2.05) is 56.4 Å². The molecule has 3 heterocycles. The van der Waals surface area contributed by atoms with Crippen LogP contribution in [0.5, 0.6) is 0 Å². The smallest absolute Gasteiger partial charge is 0.224 e. The molecule has 0 atom stereocenters. The lowest BCUT2D eigenvalue weighted by Gasteiger charge is -2.07. The van der Waals surface area contributed by atoms with Crippen molar-refractivity contribution in [3.63, 3.8) is 0 Å². The molecular formula is C21H21N5O. The van der Waals surface area contributed by atoms with Crippen LogP contribution in [0, 0.1) is 13.8 Å². The summed E-state index contributed by atoms with van der Waals surface area (Å²) in [5, 5.41) is 8.50. The van der Waals surface area contributed by atoms with Crippen molar-refractivity contribution < 1.29 is 4.79 Å². The number of carbonyl (C=O) groups is 1. The molecule has 1 amide bonds. The third kappa shape index (κ3) is 3.60. The van der Waals surface area contributed by atoms with Gasteiger partial charge in [0.15, 0.2) is 5.82 Å². The van der Waals surface area contributed by atoms with Crippen LogP contribution in [0.3, 0.4) is 0 Å². The number of nitrogens with one attached hydrogen (secondary N) is 2. The van der Waals surface area contributed by atoms with Gasteiger partial charge in [0.05, 0.1) is 17.6 Å². The lowest BCUT2D eigenvalue weighted by atomic mass is 10.1. The molecule has 27 heavy (non-hydrogen) atoms. The normalized spacial score (nSPS) is 11.0. The summed E-state index contributed by atoms with van der Waals surface area (Å²) < 4.78 is 1.79. The molecule has 0 saturated carbocycles. The van der Waals surface area contributed by atoms with Gasteiger partial charge in [0.1, 0.15) is 0 Å². The Morgan fingerprint density at radius 2 is 2.04 bits per heavy atom. The maximum Gasteiger partial charge on any atom is 0.224 e. The molecule has 1 aromatic carbocycles. The van der Waals surface area contributed by atoms with Crippen molar-refractivity contribution in [2.75, 3.05) is 5.32 Å². The van der Waals surface area contributed by atoms with E-state index in [1.54, 1.807) is 10.9 Å². The molecule has 0 spiro atoms. The third-order valence-corrected chi connectivity index (χ3v) is 4.55. The van der Waals surface area contributed by atoms with E-state index < -0.39 is 0 Å². The van der Waals surface area contributed by atoms with E-state index >= 15 is 0 Å². The fourth-order valence-electron chi connectivity index (χ4n) is 3.26. The number of aromatic amines is 1. The Bertz CT molecular complexity index is 1090. The first kappa shape index (κ1) is 17.0. The van der Waals surface area contributed by atoms with Crippen LogP contribution in [0.2, 0.25) is 0 Å². The van der Waals surface area contributed by atoms with Crippen molar-refractivity contribution in [3.05, 3.63) is 71.8 Å². The second kappa shape index (κ2) is 7.07. The average Bonchev–Trinajstić information content (AvgIpc) is 3.23. The molecule has 4 aromatic rings. The molecule has 0 radical (unpaired) electrons. The summed E-state index contributed by atoms with van der Waals surface area (Å²) in [6.07, 6.45) is 4.74. The number of rotatable bonds is 5. The fourth-order valence-corrected chi connectivity index (χ4v) is 3.26. The van der Waals surface area contributed by atoms with Crippen molar-refractivity contribution >= 4 is 22.5 Å². The lowest BCUT2D eigenvalue weighted by Crippen LogP contribution is -2.12. The standard InChI is InChI=1S/C21H21N5O/c1-14-11-15(2)26(25-14)20-9-8-17(13-23-20)24-21(27)10-7-16-12-22-19-6-4-3-5-18(16)19/h3-6,8-9,11-13,22H,7,10H2,1-2H3,(H,24,27). The van der Waals surface area contributed by atoms with Crippen molar-refractivity contribution in [1.29, 1.82) is 0 Å². The molecule has 0 aliphatic rings. The minimum Gasteiger partial charge on any atom is -0.361 e. The van der Waals surface area contributed by atoms with Gasteiger partial charge in [-0.2, -0.15) is 5.10 Å². The number of hydrogen-bond acceptors (Lipinski definition) is 3. The highest BCUT2D eigenvalue weighted by Gasteiger charge is 2.09. The first-order valence-corrected chi connectivity index (χ1v) is 8.95. The second-order valence-electron chi connectivity index (χ2n) is 6.65. The van der Waals surface area contributed by atoms with Crippen molar-refractivity contribution in [1.82, 2.24) is 19.7 Å². The number of aryl methyl sites for hydroxylation is 3. The topological polar surface area (TPSA) is 75.6 Å². The first-order valence-electron chi connectivity index (χ1n) is 8.95. The Balaban J connectivity index is 1.39. The van der Waals surface area contributed by atoms with Gasteiger partial charge in [-0.15, -0.1) is 0 Å². The summed E-state index contributed by atoms with van der Waals surface area (Å²) in [6, 6.07) is 13.8. The monoisotopic (exact) mass is 359 g/mol. The van der Waals surface area contributed by atoms with Crippen LogP contribution in [-0.4, -0.2) is 25.7 Å². The van der Waals surface area contributed by atoms with Crippen LogP contribution in [0.4, 0.5) is 5.69 Å². The predicted molar refractivity (Wildman–Crippen MR) is 106 cm³/mol. The van der Waals surface area contributed by atoms with Crippen molar-refractivity contribution in [2.45, 2.75) is 26.7 Å². The number of amides is 1. The fraction of sp³-hybridized carbons (Fsp3) is 0.190. The number of pyridine rings is 1. The van der Waals surface area contributed by atoms with Gasteiger partial charge in [-0.05, 0) is 50.1 Å².